The van der Waals surface area contributed by atoms with E-state index < -0.39 is 0 Å². The summed E-state index contributed by atoms with van der Waals surface area (Å²) >= 11 is 7.35. The predicted octanol–water partition coefficient (Wildman–Crippen LogP) is 3.22. The molecule has 5 nitrogen and oxygen atoms in total. The van der Waals surface area contributed by atoms with Crippen molar-refractivity contribution in [1.29, 1.82) is 0 Å². The first kappa shape index (κ1) is 18.3. The van der Waals surface area contributed by atoms with Gasteiger partial charge in [0.25, 0.3) is 5.91 Å². The fraction of sp³-hybridized carbons (Fsp3) is 0.444. The van der Waals surface area contributed by atoms with Crippen LogP contribution < -0.4 is 5.32 Å². The molecule has 1 aromatic carbocycles. The number of amides is 1. The summed E-state index contributed by atoms with van der Waals surface area (Å²) in [5.41, 5.74) is 1.73. The predicted molar refractivity (Wildman–Crippen MR) is 101 cm³/mol. The lowest BCUT2D eigenvalue weighted by molar-refractivity contribution is 0.0342. The van der Waals surface area contributed by atoms with Crippen LogP contribution in [0.1, 0.15) is 22.3 Å². The van der Waals surface area contributed by atoms with Gasteiger partial charge in [-0.15, -0.1) is 11.3 Å². The molecular weight excluding hydrogens is 358 g/mol. The Balaban J connectivity index is 1.64. The maximum absolute atomic E-state index is 12.6. The molecule has 0 radical (unpaired) electrons. The number of benzene rings is 1. The van der Waals surface area contributed by atoms with E-state index in [1.54, 1.807) is 0 Å². The van der Waals surface area contributed by atoms with E-state index in [2.05, 4.69) is 15.2 Å². The minimum absolute atomic E-state index is 0.0593. The molecule has 3 rings (SSSR count). The van der Waals surface area contributed by atoms with Crippen molar-refractivity contribution in [1.82, 2.24) is 15.2 Å². The van der Waals surface area contributed by atoms with Gasteiger partial charge in [0.05, 0.1) is 18.9 Å². The summed E-state index contributed by atoms with van der Waals surface area (Å²) in [4.78, 5) is 20.1. The van der Waals surface area contributed by atoms with Gasteiger partial charge in [-0.2, -0.15) is 0 Å². The molecule has 7 heteroatoms. The van der Waals surface area contributed by atoms with Crippen LogP contribution in [0.25, 0.3) is 10.6 Å². The molecule has 1 atom stereocenters. The first-order valence-electron chi connectivity index (χ1n) is 8.37. The summed E-state index contributed by atoms with van der Waals surface area (Å²) in [6, 6.07) is 7.58. The molecule has 134 valence electrons. The van der Waals surface area contributed by atoms with E-state index in [1.165, 1.54) is 11.3 Å². The average molecular weight is 380 g/mol. The van der Waals surface area contributed by atoms with Crippen molar-refractivity contribution in [2.24, 2.45) is 0 Å². The van der Waals surface area contributed by atoms with Crippen molar-refractivity contribution in [3.05, 3.63) is 39.9 Å². The van der Waals surface area contributed by atoms with E-state index in [4.69, 9.17) is 16.3 Å². The van der Waals surface area contributed by atoms with Gasteiger partial charge in [-0.05, 0) is 26.0 Å². The highest BCUT2D eigenvalue weighted by Crippen LogP contribution is 2.28. The van der Waals surface area contributed by atoms with Crippen molar-refractivity contribution in [3.63, 3.8) is 0 Å². The maximum atomic E-state index is 12.6. The Morgan fingerprint density at radius 3 is 2.72 bits per heavy atom. The highest BCUT2D eigenvalue weighted by Gasteiger charge is 2.20. The fourth-order valence-corrected chi connectivity index (χ4v) is 3.93. The van der Waals surface area contributed by atoms with E-state index in [-0.39, 0.29) is 11.9 Å². The lowest BCUT2D eigenvalue weighted by Gasteiger charge is -2.29. The molecule has 1 fully saturated rings. The Bertz CT molecular complexity index is 726. The number of aryl methyl sites for hydroxylation is 1. The van der Waals surface area contributed by atoms with Crippen LogP contribution in [0.3, 0.4) is 0 Å². The Hall–Kier alpha value is -1.47. The Labute approximate surface area is 157 Å². The first-order chi connectivity index (χ1) is 12.0. The van der Waals surface area contributed by atoms with Crippen molar-refractivity contribution < 1.29 is 9.53 Å². The topological polar surface area (TPSA) is 54.5 Å². The monoisotopic (exact) mass is 379 g/mol. The second-order valence-corrected chi connectivity index (χ2v) is 7.66. The number of rotatable bonds is 5. The summed E-state index contributed by atoms with van der Waals surface area (Å²) in [6.07, 6.45) is 0. The molecule has 1 amide bonds. The highest BCUT2D eigenvalue weighted by molar-refractivity contribution is 7.17. The van der Waals surface area contributed by atoms with Crippen molar-refractivity contribution in [3.8, 4) is 10.6 Å². The summed E-state index contributed by atoms with van der Waals surface area (Å²) in [7, 11) is 0. The molecule has 1 N–H and O–H groups in total. The van der Waals surface area contributed by atoms with Crippen LogP contribution in [0.2, 0.25) is 5.02 Å². The lowest BCUT2D eigenvalue weighted by Crippen LogP contribution is -2.46. The summed E-state index contributed by atoms with van der Waals surface area (Å²) in [5, 5.41) is 4.61. The zero-order valence-corrected chi connectivity index (χ0v) is 16.0. The van der Waals surface area contributed by atoms with E-state index in [0.29, 0.717) is 9.90 Å². The fourth-order valence-electron chi connectivity index (χ4n) is 2.83. The van der Waals surface area contributed by atoms with Gasteiger partial charge < -0.3 is 10.1 Å². The first-order valence-corrected chi connectivity index (χ1v) is 9.56. The molecular formula is C18H22ClN3O2S. The second kappa shape index (κ2) is 8.27. The number of ether oxygens (including phenoxy) is 1. The number of carbonyl (C=O) groups is 1. The van der Waals surface area contributed by atoms with E-state index in [1.807, 2.05) is 38.1 Å². The number of thiazole rings is 1. The third-order valence-corrected chi connectivity index (χ3v) is 5.56. The molecule has 0 spiro atoms. The number of morpholine rings is 1. The molecule has 2 aromatic rings. The third kappa shape index (κ3) is 4.79. The van der Waals surface area contributed by atoms with Gasteiger partial charge in [-0.1, -0.05) is 23.7 Å². The molecule has 0 unspecified atom stereocenters. The molecule has 1 aliphatic heterocycles. The van der Waals surface area contributed by atoms with E-state index >= 15 is 0 Å². The minimum atomic E-state index is -0.0593. The largest absolute Gasteiger partial charge is 0.379 e. The van der Waals surface area contributed by atoms with Gasteiger partial charge in [-0.25, -0.2) is 4.98 Å². The lowest BCUT2D eigenvalue weighted by atomic mass is 10.2. The van der Waals surface area contributed by atoms with Crippen LogP contribution in [-0.2, 0) is 4.74 Å². The summed E-state index contributed by atoms with van der Waals surface area (Å²) in [6.45, 7) is 8.09. The molecule has 2 heterocycles. The molecule has 0 bridgehead atoms. The SMILES string of the molecule is Cc1nc(-c2ccc(Cl)cc2)sc1C(=O)N[C@@H](C)CN1CCOCC1. The van der Waals surface area contributed by atoms with Crippen molar-refractivity contribution in [2.45, 2.75) is 19.9 Å². The zero-order valence-electron chi connectivity index (χ0n) is 14.4. The standard InChI is InChI=1S/C18H22ClN3O2S/c1-12(11-22-7-9-24-10-8-22)20-17(23)16-13(2)21-18(25-16)14-3-5-15(19)6-4-14/h3-6,12H,7-11H2,1-2H3,(H,20,23)/t12-/m0/s1. The molecule has 1 aliphatic rings. The molecule has 1 saturated heterocycles. The van der Waals surface area contributed by atoms with Crippen molar-refractivity contribution in [2.75, 3.05) is 32.8 Å². The number of hydrogen-bond acceptors (Lipinski definition) is 5. The maximum Gasteiger partial charge on any atom is 0.263 e. The van der Waals surface area contributed by atoms with E-state index in [9.17, 15) is 4.79 Å². The Morgan fingerprint density at radius 1 is 1.36 bits per heavy atom. The highest BCUT2D eigenvalue weighted by atomic mass is 35.5. The molecule has 1 aromatic heterocycles. The smallest absolute Gasteiger partial charge is 0.263 e. The molecule has 0 aliphatic carbocycles. The Morgan fingerprint density at radius 2 is 2.04 bits per heavy atom. The van der Waals surface area contributed by atoms with Gasteiger partial charge in [0, 0.05) is 36.3 Å². The Kier molecular flexibility index (Phi) is 6.06. The van der Waals surface area contributed by atoms with Gasteiger partial charge in [0.2, 0.25) is 0 Å². The number of halogens is 1. The second-order valence-electron chi connectivity index (χ2n) is 6.23. The van der Waals surface area contributed by atoms with E-state index in [0.717, 1.165) is 49.1 Å². The number of aromatic nitrogens is 1. The normalized spacial score (nSPS) is 16.6. The quantitative estimate of drug-likeness (QED) is 0.866. The third-order valence-electron chi connectivity index (χ3n) is 4.11. The number of carbonyl (C=O) groups excluding carboxylic acids is 1. The van der Waals surface area contributed by atoms with Gasteiger partial charge >= 0.3 is 0 Å². The van der Waals surface area contributed by atoms with Crippen molar-refractivity contribution >= 4 is 28.8 Å². The van der Waals surface area contributed by atoms with Crippen LogP contribution in [0.15, 0.2) is 24.3 Å². The number of hydrogen-bond donors (Lipinski definition) is 1. The van der Waals surface area contributed by atoms with Crippen LogP contribution in [-0.4, -0.2) is 54.7 Å². The van der Waals surface area contributed by atoms with Gasteiger partial charge in [0.15, 0.2) is 0 Å². The summed E-state index contributed by atoms with van der Waals surface area (Å²) < 4.78 is 5.36. The van der Waals surface area contributed by atoms with Gasteiger partial charge in [0.1, 0.15) is 9.88 Å². The zero-order chi connectivity index (χ0) is 17.8. The average Bonchev–Trinajstić information content (AvgIpc) is 2.98. The number of nitrogens with zero attached hydrogens (tertiary/aromatic N) is 2. The molecule has 0 saturated carbocycles. The summed E-state index contributed by atoms with van der Waals surface area (Å²) in [5.74, 6) is -0.0593. The van der Waals surface area contributed by atoms with Crippen LogP contribution in [0.4, 0.5) is 0 Å². The number of nitrogens with one attached hydrogen (secondary N) is 1. The van der Waals surface area contributed by atoms with Crippen LogP contribution in [0.5, 0.6) is 0 Å². The van der Waals surface area contributed by atoms with Crippen LogP contribution >= 0.6 is 22.9 Å². The van der Waals surface area contributed by atoms with Gasteiger partial charge in [-0.3, -0.25) is 9.69 Å². The van der Waals surface area contributed by atoms with Crippen LogP contribution in [0, 0.1) is 6.92 Å². The molecule has 25 heavy (non-hydrogen) atoms. The minimum Gasteiger partial charge on any atom is -0.379 e.